The summed E-state index contributed by atoms with van der Waals surface area (Å²) in [5, 5.41) is 0. The van der Waals surface area contributed by atoms with E-state index in [0.717, 1.165) is 41.7 Å². The van der Waals surface area contributed by atoms with Gasteiger partial charge in [-0.05, 0) is 72.7 Å². The Balaban J connectivity index is 1.46. The van der Waals surface area contributed by atoms with Crippen LogP contribution in [0, 0.1) is 0 Å². The maximum atomic E-state index is 13.4. The van der Waals surface area contributed by atoms with Crippen molar-refractivity contribution in [3.8, 4) is 5.75 Å². The molecule has 8 nitrogen and oxygen atoms in total. The molecular formula is C25H23N3O5S. The quantitative estimate of drug-likeness (QED) is 0.544. The first-order valence-corrected chi connectivity index (χ1v) is 12.5. The van der Waals surface area contributed by atoms with E-state index in [4.69, 9.17) is 4.74 Å². The standard InChI is InChI=1S/C25H23N3O5S/c1-33-21-12-11-16(15-28-24(29)19-9-5-13-26-23(19)25(28)30)14-22(21)34(31,32)27-20-10-4-7-17-6-2-3-8-18(17)20/h4-5,7,9-14,27H,2-3,6,8,15H2,1H3. The molecule has 1 aliphatic carbocycles. The number of methoxy groups -OCH3 is 1. The number of imide groups is 1. The molecule has 0 unspecified atom stereocenters. The molecule has 2 heterocycles. The Morgan fingerprint density at radius 2 is 1.85 bits per heavy atom. The maximum Gasteiger partial charge on any atom is 0.280 e. The van der Waals surface area contributed by atoms with E-state index in [1.54, 1.807) is 24.3 Å². The van der Waals surface area contributed by atoms with Crippen LogP contribution in [-0.4, -0.2) is 37.2 Å². The lowest BCUT2D eigenvalue weighted by molar-refractivity contribution is 0.0640. The van der Waals surface area contributed by atoms with Crippen LogP contribution in [0.4, 0.5) is 5.69 Å². The third-order valence-electron chi connectivity index (χ3n) is 6.23. The molecule has 9 heteroatoms. The topological polar surface area (TPSA) is 106 Å². The van der Waals surface area contributed by atoms with E-state index in [1.165, 1.54) is 25.4 Å². The molecule has 0 bridgehead atoms. The van der Waals surface area contributed by atoms with Crippen LogP contribution in [0.15, 0.2) is 59.6 Å². The van der Waals surface area contributed by atoms with Crippen molar-refractivity contribution >= 4 is 27.5 Å². The monoisotopic (exact) mass is 477 g/mol. The number of carbonyl (C=O) groups is 2. The van der Waals surface area contributed by atoms with Crippen molar-refractivity contribution < 1.29 is 22.7 Å². The number of nitrogens with one attached hydrogen (secondary N) is 1. The average molecular weight is 478 g/mol. The largest absolute Gasteiger partial charge is 0.495 e. The van der Waals surface area contributed by atoms with Gasteiger partial charge >= 0.3 is 0 Å². The van der Waals surface area contributed by atoms with Crippen molar-refractivity contribution in [2.45, 2.75) is 37.1 Å². The summed E-state index contributed by atoms with van der Waals surface area (Å²) in [5.41, 5.74) is 3.56. The lowest BCUT2D eigenvalue weighted by atomic mass is 9.91. The number of benzene rings is 2. The van der Waals surface area contributed by atoms with Gasteiger partial charge in [0.05, 0.1) is 24.9 Å². The highest BCUT2D eigenvalue weighted by Gasteiger charge is 2.36. The van der Waals surface area contributed by atoms with Crippen LogP contribution in [0.5, 0.6) is 5.75 Å². The lowest BCUT2D eigenvalue weighted by Crippen LogP contribution is -2.29. The molecule has 2 aliphatic rings. The van der Waals surface area contributed by atoms with Crippen LogP contribution in [0.1, 0.15) is 50.4 Å². The summed E-state index contributed by atoms with van der Waals surface area (Å²) < 4.78 is 34.9. The molecule has 2 amide bonds. The molecule has 0 spiro atoms. The molecule has 34 heavy (non-hydrogen) atoms. The number of aromatic nitrogens is 1. The Morgan fingerprint density at radius 1 is 1.03 bits per heavy atom. The number of ether oxygens (including phenoxy) is 1. The zero-order valence-corrected chi connectivity index (χ0v) is 19.4. The number of carbonyl (C=O) groups excluding carboxylic acids is 2. The normalized spacial score (nSPS) is 15.1. The number of hydrogen-bond acceptors (Lipinski definition) is 6. The fourth-order valence-corrected chi connectivity index (χ4v) is 5.86. The van der Waals surface area contributed by atoms with Crippen molar-refractivity contribution in [1.29, 1.82) is 0 Å². The Morgan fingerprint density at radius 3 is 2.65 bits per heavy atom. The van der Waals surface area contributed by atoms with E-state index in [9.17, 15) is 18.0 Å². The zero-order valence-electron chi connectivity index (χ0n) is 18.6. The second-order valence-corrected chi connectivity index (χ2v) is 9.99. The van der Waals surface area contributed by atoms with E-state index >= 15 is 0 Å². The molecule has 0 atom stereocenters. The molecule has 1 aromatic heterocycles. The van der Waals surface area contributed by atoms with Gasteiger partial charge in [0.1, 0.15) is 16.3 Å². The number of sulfonamides is 1. The molecule has 1 aliphatic heterocycles. The van der Waals surface area contributed by atoms with Crippen molar-refractivity contribution in [1.82, 2.24) is 9.88 Å². The van der Waals surface area contributed by atoms with Crippen LogP contribution in [0.3, 0.4) is 0 Å². The van der Waals surface area contributed by atoms with Crippen LogP contribution in [0.25, 0.3) is 0 Å². The van der Waals surface area contributed by atoms with Gasteiger partial charge in [-0.25, -0.2) is 8.42 Å². The highest BCUT2D eigenvalue weighted by molar-refractivity contribution is 7.92. The number of anilines is 1. The number of amides is 2. The Kier molecular flexibility index (Phi) is 5.57. The van der Waals surface area contributed by atoms with Crippen molar-refractivity contribution in [3.63, 3.8) is 0 Å². The van der Waals surface area contributed by atoms with Gasteiger partial charge in [0, 0.05) is 6.20 Å². The minimum Gasteiger partial charge on any atom is -0.495 e. The maximum absolute atomic E-state index is 13.4. The fourth-order valence-electron chi connectivity index (χ4n) is 4.55. The van der Waals surface area contributed by atoms with Gasteiger partial charge in [-0.1, -0.05) is 18.2 Å². The molecule has 0 fully saturated rings. The molecule has 174 valence electrons. The molecule has 0 radical (unpaired) electrons. The summed E-state index contributed by atoms with van der Waals surface area (Å²) in [6.45, 7) is -0.0821. The predicted molar refractivity (Wildman–Crippen MR) is 125 cm³/mol. The van der Waals surface area contributed by atoms with Gasteiger partial charge < -0.3 is 4.74 Å². The Hall–Kier alpha value is -3.72. The third-order valence-corrected chi connectivity index (χ3v) is 7.62. The van der Waals surface area contributed by atoms with Crippen molar-refractivity contribution in [2.24, 2.45) is 0 Å². The SMILES string of the molecule is COc1ccc(CN2C(=O)c3cccnc3C2=O)cc1S(=O)(=O)Nc1cccc2c1CCCC2. The third kappa shape index (κ3) is 3.81. The van der Waals surface area contributed by atoms with E-state index in [0.29, 0.717) is 11.3 Å². The van der Waals surface area contributed by atoms with Gasteiger partial charge in [0.15, 0.2) is 0 Å². The van der Waals surface area contributed by atoms with Gasteiger partial charge in [0.2, 0.25) is 0 Å². The highest BCUT2D eigenvalue weighted by Crippen LogP contribution is 2.32. The molecular weight excluding hydrogens is 454 g/mol. The predicted octanol–water partition coefficient (Wildman–Crippen LogP) is 3.57. The summed E-state index contributed by atoms with van der Waals surface area (Å²) in [5.74, 6) is -0.790. The number of fused-ring (bicyclic) bond motifs is 2. The first-order valence-electron chi connectivity index (χ1n) is 11.0. The highest BCUT2D eigenvalue weighted by atomic mass is 32.2. The number of hydrogen-bond donors (Lipinski definition) is 1. The molecule has 0 saturated carbocycles. The summed E-state index contributed by atoms with van der Waals surface area (Å²) >= 11 is 0. The van der Waals surface area contributed by atoms with Crippen LogP contribution in [0.2, 0.25) is 0 Å². The van der Waals surface area contributed by atoms with Gasteiger partial charge in [-0.2, -0.15) is 0 Å². The van der Waals surface area contributed by atoms with Gasteiger partial charge in [-0.3, -0.25) is 24.2 Å². The first-order chi connectivity index (χ1) is 16.4. The number of aryl methyl sites for hydroxylation is 1. The summed E-state index contributed by atoms with van der Waals surface area (Å²) in [4.78, 5) is 30.4. The van der Waals surface area contributed by atoms with Crippen LogP contribution in [-0.2, 0) is 29.4 Å². The summed E-state index contributed by atoms with van der Waals surface area (Å²) in [6.07, 6.45) is 5.31. The smallest absolute Gasteiger partial charge is 0.280 e. The van der Waals surface area contributed by atoms with Crippen LogP contribution < -0.4 is 9.46 Å². The van der Waals surface area contributed by atoms with E-state index < -0.39 is 21.8 Å². The second-order valence-electron chi connectivity index (χ2n) is 8.34. The summed E-state index contributed by atoms with van der Waals surface area (Å²) in [7, 11) is -2.61. The Bertz CT molecular complexity index is 1380. The van der Waals surface area contributed by atoms with Crippen LogP contribution >= 0.6 is 0 Å². The average Bonchev–Trinajstić information content (AvgIpc) is 3.09. The first kappa shape index (κ1) is 22.1. The zero-order chi connectivity index (χ0) is 23.9. The minimum atomic E-state index is -4.00. The molecule has 1 N–H and O–H groups in total. The van der Waals surface area contributed by atoms with E-state index in [-0.39, 0.29) is 28.4 Å². The fraction of sp³-hybridized carbons (Fsp3) is 0.240. The van der Waals surface area contributed by atoms with Crippen molar-refractivity contribution in [2.75, 3.05) is 11.8 Å². The minimum absolute atomic E-state index is 0.0596. The molecule has 3 aromatic rings. The summed E-state index contributed by atoms with van der Waals surface area (Å²) in [6, 6.07) is 13.4. The van der Waals surface area contributed by atoms with E-state index in [2.05, 4.69) is 9.71 Å². The second kappa shape index (κ2) is 8.57. The van der Waals surface area contributed by atoms with E-state index in [1.807, 2.05) is 12.1 Å². The number of pyridine rings is 1. The number of nitrogens with zero attached hydrogens (tertiary/aromatic N) is 2. The van der Waals surface area contributed by atoms with Gasteiger partial charge in [0.25, 0.3) is 21.8 Å². The molecule has 0 saturated heterocycles. The molecule has 5 rings (SSSR count). The molecule has 2 aromatic carbocycles. The van der Waals surface area contributed by atoms with Gasteiger partial charge in [-0.15, -0.1) is 0 Å². The van der Waals surface area contributed by atoms with Crippen molar-refractivity contribution in [3.05, 3.63) is 82.7 Å². The lowest BCUT2D eigenvalue weighted by Gasteiger charge is -2.21. The number of rotatable bonds is 6. The Labute approximate surface area is 197 Å².